The average molecular weight is 593 g/mol. The molecule has 5 rings (SSSR count). The number of aromatic nitrogens is 1. The molecule has 10 heteroatoms. The van der Waals surface area contributed by atoms with Crippen molar-refractivity contribution in [3.8, 4) is 10.4 Å². The van der Waals surface area contributed by atoms with Gasteiger partial charge < -0.3 is 15.1 Å². The minimum Gasteiger partial charge on any atom is -0.368 e. The van der Waals surface area contributed by atoms with Crippen molar-refractivity contribution in [1.82, 2.24) is 9.88 Å². The number of benzene rings is 2. The monoisotopic (exact) mass is 592 g/mol. The molecule has 0 bridgehead atoms. The quantitative estimate of drug-likeness (QED) is 0.224. The van der Waals surface area contributed by atoms with Crippen LogP contribution in [-0.4, -0.2) is 54.3 Å². The number of rotatable bonds is 8. The Morgan fingerprint density at radius 3 is 2.45 bits per heavy atom. The molecule has 1 aliphatic heterocycles. The van der Waals surface area contributed by atoms with E-state index in [9.17, 15) is 22.8 Å². The van der Waals surface area contributed by atoms with Crippen LogP contribution in [0.4, 0.5) is 24.5 Å². The molecule has 0 aliphatic carbocycles. The van der Waals surface area contributed by atoms with Crippen molar-refractivity contribution in [3.05, 3.63) is 100 Å². The third kappa shape index (κ3) is 6.71. The van der Waals surface area contributed by atoms with Crippen molar-refractivity contribution >= 4 is 34.4 Å². The summed E-state index contributed by atoms with van der Waals surface area (Å²) in [4.78, 5) is 35.4. The van der Waals surface area contributed by atoms with Crippen LogP contribution in [-0.2, 0) is 12.6 Å². The van der Waals surface area contributed by atoms with E-state index in [1.54, 1.807) is 59.7 Å². The van der Waals surface area contributed by atoms with Gasteiger partial charge in [0.15, 0.2) is 5.78 Å². The van der Waals surface area contributed by atoms with E-state index in [0.717, 1.165) is 28.6 Å². The van der Waals surface area contributed by atoms with Gasteiger partial charge in [-0.15, -0.1) is 11.3 Å². The summed E-state index contributed by atoms with van der Waals surface area (Å²) in [7, 11) is 0. The van der Waals surface area contributed by atoms with Gasteiger partial charge in [-0.25, -0.2) is 0 Å². The third-order valence-electron chi connectivity index (χ3n) is 7.51. The van der Waals surface area contributed by atoms with E-state index in [1.165, 1.54) is 12.3 Å². The van der Waals surface area contributed by atoms with Crippen LogP contribution < -0.4 is 10.2 Å². The van der Waals surface area contributed by atoms with Crippen molar-refractivity contribution in [2.45, 2.75) is 26.4 Å². The maximum atomic E-state index is 14.1. The van der Waals surface area contributed by atoms with Gasteiger partial charge in [-0.2, -0.15) is 13.2 Å². The molecule has 1 fully saturated rings. The van der Waals surface area contributed by atoms with Crippen molar-refractivity contribution in [2.24, 2.45) is 0 Å². The summed E-state index contributed by atoms with van der Waals surface area (Å²) >= 11 is 1.54. The number of carbonyl (C=O) groups excluding carboxylic acids is 2. The molecule has 2 aromatic heterocycles. The number of aryl methyl sites for hydroxylation is 1. The number of amides is 1. The molecule has 6 nitrogen and oxygen atoms in total. The maximum Gasteiger partial charge on any atom is 0.418 e. The highest BCUT2D eigenvalue weighted by Crippen LogP contribution is 2.38. The Morgan fingerprint density at radius 2 is 1.76 bits per heavy atom. The number of thiophene rings is 1. The summed E-state index contributed by atoms with van der Waals surface area (Å²) in [6.07, 6.45) is -1.58. The molecule has 1 N–H and O–H groups in total. The van der Waals surface area contributed by atoms with E-state index >= 15 is 0 Å². The predicted octanol–water partition coefficient (Wildman–Crippen LogP) is 6.96. The van der Waals surface area contributed by atoms with Gasteiger partial charge in [-0.1, -0.05) is 31.2 Å². The Hall–Kier alpha value is -4.02. The number of likely N-dealkylation sites (N-methyl/N-ethyl adjacent to an activating group) is 1. The van der Waals surface area contributed by atoms with Crippen LogP contribution in [0.15, 0.2) is 72.4 Å². The first-order valence-electron chi connectivity index (χ1n) is 13.7. The second kappa shape index (κ2) is 12.5. The Morgan fingerprint density at radius 1 is 0.976 bits per heavy atom. The lowest BCUT2D eigenvalue weighted by Crippen LogP contribution is -2.46. The largest absolute Gasteiger partial charge is 0.418 e. The second-order valence-corrected chi connectivity index (χ2v) is 11.2. The van der Waals surface area contributed by atoms with Gasteiger partial charge in [0.2, 0.25) is 0 Å². The fourth-order valence-electron chi connectivity index (χ4n) is 5.05. The number of halogens is 3. The van der Waals surface area contributed by atoms with E-state index in [-0.39, 0.29) is 29.4 Å². The molecule has 0 spiro atoms. The van der Waals surface area contributed by atoms with Crippen LogP contribution in [0.25, 0.3) is 10.4 Å². The van der Waals surface area contributed by atoms with Crippen LogP contribution in [0.2, 0.25) is 0 Å². The van der Waals surface area contributed by atoms with Crippen LogP contribution in [0.5, 0.6) is 0 Å². The number of hydrogen-bond acceptors (Lipinski definition) is 6. The smallest absolute Gasteiger partial charge is 0.368 e. The first-order valence-corrected chi connectivity index (χ1v) is 14.6. The Balaban J connectivity index is 1.32. The number of Topliss-reactive ketones (excluding diaryl/α,β-unsaturated/α-hetero) is 1. The van der Waals surface area contributed by atoms with Gasteiger partial charge in [0.25, 0.3) is 5.91 Å². The molecular weight excluding hydrogens is 561 g/mol. The minimum atomic E-state index is -4.55. The molecule has 3 heterocycles. The zero-order chi connectivity index (χ0) is 29.9. The Bertz CT molecular complexity index is 1580. The molecule has 42 heavy (non-hydrogen) atoms. The minimum absolute atomic E-state index is 0.146. The molecule has 1 aliphatic rings. The van der Waals surface area contributed by atoms with Gasteiger partial charge in [0.05, 0.1) is 11.1 Å². The zero-order valence-electron chi connectivity index (χ0n) is 23.4. The van der Waals surface area contributed by atoms with Crippen LogP contribution >= 0.6 is 11.3 Å². The van der Waals surface area contributed by atoms with Gasteiger partial charge >= 0.3 is 6.18 Å². The number of anilines is 2. The number of alkyl halides is 3. The van der Waals surface area contributed by atoms with E-state index < -0.39 is 11.7 Å². The highest BCUT2D eigenvalue weighted by molar-refractivity contribution is 7.13. The number of pyridine rings is 1. The van der Waals surface area contributed by atoms with Crippen LogP contribution in [0, 0.1) is 6.92 Å². The highest BCUT2D eigenvalue weighted by atomic mass is 32.1. The molecule has 2 aromatic carbocycles. The lowest BCUT2D eigenvalue weighted by Gasteiger charge is -2.36. The van der Waals surface area contributed by atoms with Crippen LogP contribution in [0.1, 0.15) is 44.3 Å². The van der Waals surface area contributed by atoms with Crippen LogP contribution in [0.3, 0.4) is 0 Å². The molecule has 1 saturated heterocycles. The standard InChI is InChI=1S/C32H31F3N4O2S/c1-3-38-10-12-39(13-11-38)28-9-7-22(15-26(28)32(33,34)35)16-29(40)23-8-6-21(2)27(18-23)37-31(41)25-17-24(19-36-20-25)30-5-4-14-42-30/h4-9,14-15,17-20H,3,10-13,16H2,1-2H3,(H,37,41). The van der Waals surface area contributed by atoms with E-state index in [0.29, 0.717) is 43.0 Å². The molecule has 1 amide bonds. The van der Waals surface area contributed by atoms with E-state index in [4.69, 9.17) is 0 Å². The topological polar surface area (TPSA) is 65.5 Å². The number of nitrogens with zero attached hydrogens (tertiary/aromatic N) is 3. The molecule has 0 unspecified atom stereocenters. The summed E-state index contributed by atoms with van der Waals surface area (Å²) in [6, 6.07) is 14.7. The molecular formula is C32H31F3N4O2S. The summed E-state index contributed by atoms with van der Waals surface area (Å²) < 4.78 is 42.3. The lowest BCUT2D eigenvalue weighted by atomic mass is 9.98. The molecule has 0 atom stereocenters. The van der Waals surface area contributed by atoms with Crippen molar-refractivity contribution in [1.29, 1.82) is 0 Å². The zero-order valence-corrected chi connectivity index (χ0v) is 24.2. The van der Waals surface area contributed by atoms with Gasteiger partial charge in [-0.05, 0) is 60.3 Å². The SMILES string of the molecule is CCN1CCN(c2ccc(CC(=O)c3ccc(C)c(NC(=O)c4cncc(-c5cccs5)c4)c3)cc2C(F)(F)F)CC1. The van der Waals surface area contributed by atoms with Gasteiger partial charge in [0.1, 0.15) is 0 Å². The molecule has 4 aromatic rings. The van der Waals surface area contributed by atoms with E-state index in [2.05, 4.69) is 15.2 Å². The van der Waals surface area contributed by atoms with Crippen molar-refractivity contribution < 1.29 is 22.8 Å². The fraction of sp³-hybridized carbons (Fsp3) is 0.281. The molecule has 0 saturated carbocycles. The predicted molar refractivity (Wildman–Crippen MR) is 160 cm³/mol. The number of carbonyl (C=O) groups is 2. The summed E-state index contributed by atoms with van der Waals surface area (Å²) in [5.41, 5.74) is 2.39. The highest BCUT2D eigenvalue weighted by Gasteiger charge is 2.36. The maximum absolute atomic E-state index is 14.1. The summed E-state index contributed by atoms with van der Waals surface area (Å²) in [5.74, 6) is -0.719. The Kier molecular flexibility index (Phi) is 8.74. The first-order chi connectivity index (χ1) is 20.1. The van der Waals surface area contributed by atoms with Crippen molar-refractivity contribution in [3.63, 3.8) is 0 Å². The number of nitrogens with one attached hydrogen (secondary N) is 1. The number of ketones is 1. The molecule has 218 valence electrons. The van der Waals surface area contributed by atoms with Gasteiger partial charge in [-0.3, -0.25) is 14.6 Å². The lowest BCUT2D eigenvalue weighted by molar-refractivity contribution is -0.137. The summed E-state index contributed by atoms with van der Waals surface area (Å²) in [6.45, 7) is 7.15. The second-order valence-electron chi connectivity index (χ2n) is 10.3. The van der Waals surface area contributed by atoms with Crippen molar-refractivity contribution in [2.75, 3.05) is 42.9 Å². The van der Waals surface area contributed by atoms with E-state index in [1.807, 2.05) is 24.4 Å². The fourth-order valence-corrected chi connectivity index (χ4v) is 5.76. The van der Waals surface area contributed by atoms with Gasteiger partial charge in [0, 0.05) is 72.4 Å². The third-order valence-corrected chi connectivity index (χ3v) is 8.42. The normalized spacial score (nSPS) is 14.2. The first kappa shape index (κ1) is 29.5. The molecule has 0 radical (unpaired) electrons. The summed E-state index contributed by atoms with van der Waals surface area (Å²) in [5, 5.41) is 4.80. The average Bonchev–Trinajstić information content (AvgIpc) is 3.53. The number of hydrogen-bond donors (Lipinski definition) is 1. The Labute approximate surface area is 246 Å². The number of piperazine rings is 1.